The van der Waals surface area contributed by atoms with Crippen LogP contribution in [0, 0.1) is 17.0 Å². The number of nitrogens with zero attached hydrogens (tertiary/aromatic N) is 2. The Balaban J connectivity index is 1.99. The molecule has 0 aliphatic rings. The molecule has 0 saturated heterocycles. The average Bonchev–Trinajstić information content (AvgIpc) is 2.62. The highest BCUT2D eigenvalue weighted by atomic mass is 16.6. The lowest BCUT2D eigenvalue weighted by Gasteiger charge is -2.13. The van der Waals surface area contributed by atoms with E-state index < -0.39 is 22.3 Å². The lowest BCUT2D eigenvalue weighted by Crippen LogP contribution is -2.24. The fourth-order valence-electron chi connectivity index (χ4n) is 2.04. The molecule has 0 radical (unpaired) electrons. The second kappa shape index (κ2) is 8.47. The summed E-state index contributed by atoms with van der Waals surface area (Å²) in [5, 5.41) is 26.3. The van der Waals surface area contributed by atoms with E-state index in [1.165, 1.54) is 19.4 Å². The molecule has 0 aromatic heterocycles. The highest BCUT2D eigenvalue weighted by Crippen LogP contribution is 2.33. The number of rotatable bonds is 7. The van der Waals surface area contributed by atoms with Gasteiger partial charge in [0.05, 0.1) is 18.2 Å². The number of hydrogen-bond donors (Lipinski definition) is 1. The van der Waals surface area contributed by atoms with Crippen LogP contribution in [0.1, 0.15) is 11.1 Å². The Bertz CT molecular complexity index is 850. The van der Waals surface area contributed by atoms with Crippen molar-refractivity contribution in [3.63, 3.8) is 0 Å². The largest absolute Gasteiger partial charge is 0.865 e. The number of hydrogen-bond acceptors (Lipinski definition) is 7. The summed E-state index contributed by atoms with van der Waals surface area (Å²) in [5.74, 6) is -0.940. The number of amides is 1. The van der Waals surface area contributed by atoms with E-state index in [4.69, 9.17) is 9.47 Å². The molecule has 0 fully saturated rings. The normalized spacial score (nSPS) is 10.5. The molecule has 0 atom stereocenters. The van der Waals surface area contributed by atoms with Crippen molar-refractivity contribution >= 4 is 17.8 Å². The third kappa shape index (κ3) is 4.69. The van der Waals surface area contributed by atoms with Gasteiger partial charge in [0.2, 0.25) is 0 Å². The van der Waals surface area contributed by atoms with Gasteiger partial charge in [-0.25, -0.2) is 5.43 Å². The Hall–Kier alpha value is -3.62. The summed E-state index contributed by atoms with van der Waals surface area (Å²) in [7, 11) is 1.23. The third-order valence-corrected chi connectivity index (χ3v) is 3.33. The average molecular weight is 358 g/mol. The second-order valence-electron chi connectivity index (χ2n) is 5.18. The lowest BCUT2D eigenvalue weighted by atomic mass is 10.2. The van der Waals surface area contributed by atoms with E-state index in [1.54, 1.807) is 12.1 Å². The summed E-state index contributed by atoms with van der Waals surface area (Å²) in [5.41, 5.74) is 2.72. The number of carbonyl (C=O) groups is 1. The molecule has 1 amide bonds. The monoisotopic (exact) mass is 358 g/mol. The predicted octanol–water partition coefficient (Wildman–Crippen LogP) is 1.51. The van der Waals surface area contributed by atoms with Crippen LogP contribution in [0.25, 0.3) is 0 Å². The molecule has 9 nitrogen and oxygen atoms in total. The van der Waals surface area contributed by atoms with Crippen LogP contribution in [0.4, 0.5) is 5.69 Å². The van der Waals surface area contributed by atoms with Gasteiger partial charge in [0.1, 0.15) is 11.5 Å². The van der Waals surface area contributed by atoms with Gasteiger partial charge in [-0.3, -0.25) is 14.9 Å². The lowest BCUT2D eigenvalue weighted by molar-refractivity contribution is -0.398. The second-order valence-corrected chi connectivity index (χ2v) is 5.18. The molecule has 0 spiro atoms. The van der Waals surface area contributed by atoms with E-state index in [-0.39, 0.29) is 17.9 Å². The van der Waals surface area contributed by atoms with Gasteiger partial charge in [0, 0.05) is 17.4 Å². The zero-order valence-electron chi connectivity index (χ0n) is 14.1. The minimum absolute atomic E-state index is 0.185. The van der Waals surface area contributed by atoms with Crippen LogP contribution in [-0.2, 0) is 4.79 Å². The minimum Gasteiger partial charge on any atom is -0.865 e. The van der Waals surface area contributed by atoms with Crippen LogP contribution in [0.15, 0.2) is 41.5 Å². The standard InChI is InChI=1S/C17H17N3O6/c1-11-5-3-4-6-14(11)26-10-16(21)19-18-9-12-7-13(20(23)24)17(22)15(8-12)25-2/h3-9,22H,10H2,1-2H3,(H,19,21)/p-1/b18-9-. The molecule has 26 heavy (non-hydrogen) atoms. The van der Waals surface area contributed by atoms with Gasteiger partial charge in [-0.15, -0.1) is 0 Å². The van der Waals surface area contributed by atoms with Gasteiger partial charge in [-0.05, 0) is 24.6 Å². The zero-order valence-corrected chi connectivity index (χ0v) is 14.1. The molecule has 0 heterocycles. The van der Waals surface area contributed by atoms with Crippen LogP contribution in [0.3, 0.4) is 0 Å². The number of para-hydroxylation sites is 1. The highest BCUT2D eigenvalue weighted by Gasteiger charge is 2.12. The number of carbonyl (C=O) groups excluding carboxylic acids is 1. The number of methoxy groups -OCH3 is 1. The number of aryl methyl sites for hydroxylation is 1. The molecular weight excluding hydrogens is 342 g/mol. The fraction of sp³-hybridized carbons (Fsp3) is 0.176. The fourth-order valence-corrected chi connectivity index (χ4v) is 2.04. The van der Waals surface area contributed by atoms with Crippen molar-refractivity contribution in [2.24, 2.45) is 5.10 Å². The molecular formula is C17H16N3O6-. The predicted molar refractivity (Wildman–Crippen MR) is 91.5 cm³/mol. The Morgan fingerprint density at radius 2 is 2.04 bits per heavy atom. The first kappa shape index (κ1) is 18.7. The molecule has 0 aliphatic heterocycles. The topological polar surface area (TPSA) is 126 Å². The van der Waals surface area contributed by atoms with Crippen LogP contribution in [0.5, 0.6) is 17.2 Å². The van der Waals surface area contributed by atoms with Crippen molar-refractivity contribution < 1.29 is 24.3 Å². The van der Waals surface area contributed by atoms with Gasteiger partial charge in [0.25, 0.3) is 11.6 Å². The van der Waals surface area contributed by atoms with Crippen LogP contribution >= 0.6 is 0 Å². The number of hydrazone groups is 1. The molecule has 1 N–H and O–H groups in total. The number of nitro benzene ring substituents is 1. The summed E-state index contributed by atoms with van der Waals surface area (Å²) in [6.07, 6.45) is 1.17. The van der Waals surface area contributed by atoms with Gasteiger partial charge in [-0.1, -0.05) is 18.2 Å². The molecule has 0 bridgehead atoms. The summed E-state index contributed by atoms with van der Waals surface area (Å²) in [6.45, 7) is 1.61. The van der Waals surface area contributed by atoms with E-state index in [0.29, 0.717) is 5.75 Å². The first-order valence-electron chi connectivity index (χ1n) is 7.46. The van der Waals surface area contributed by atoms with E-state index in [9.17, 15) is 20.0 Å². The Morgan fingerprint density at radius 3 is 2.69 bits per heavy atom. The van der Waals surface area contributed by atoms with Gasteiger partial charge < -0.3 is 14.6 Å². The van der Waals surface area contributed by atoms with Crippen molar-refractivity contribution in [1.82, 2.24) is 5.43 Å². The van der Waals surface area contributed by atoms with Crippen LogP contribution < -0.4 is 20.0 Å². The summed E-state index contributed by atoms with van der Waals surface area (Å²) >= 11 is 0. The molecule has 2 aromatic carbocycles. The number of nitrogens with one attached hydrogen (secondary N) is 1. The maximum absolute atomic E-state index is 11.7. The summed E-state index contributed by atoms with van der Waals surface area (Å²) in [4.78, 5) is 21.8. The van der Waals surface area contributed by atoms with E-state index in [0.717, 1.165) is 11.6 Å². The van der Waals surface area contributed by atoms with Crippen molar-refractivity contribution in [3.05, 3.63) is 57.6 Å². The van der Waals surface area contributed by atoms with Gasteiger partial charge in [0.15, 0.2) is 6.61 Å². The summed E-state index contributed by atoms with van der Waals surface area (Å²) < 4.78 is 10.2. The minimum atomic E-state index is -0.828. The van der Waals surface area contributed by atoms with Crippen molar-refractivity contribution in [2.75, 3.05) is 13.7 Å². The highest BCUT2D eigenvalue weighted by molar-refractivity contribution is 5.85. The Kier molecular flexibility index (Phi) is 6.10. The third-order valence-electron chi connectivity index (χ3n) is 3.33. The SMILES string of the molecule is COc1cc(/C=N\NC(=O)COc2ccccc2C)cc([N+](=O)[O-])c1[O-]. The van der Waals surface area contributed by atoms with Crippen LogP contribution in [0.2, 0.25) is 0 Å². The van der Waals surface area contributed by atoms with Crippen molar-refractivity contribution in [1.29, 1.82) is 0 Å². The smallest absolute Gasteiger partial charge is 0.277 e. The van der Waals surface area contributed by atoms with Crippen molar-refractivity contribution in [3.8, 4) is 17.2 Å². The Labute approximate surface area is 149 Å². The molecule has 0 unspecified atom stereocenters. The number of nitro groups is 1. The summed E-state index contributed by atoms with van der Waals surface area (Å²) in [6, 6.07) is 9.57. The first-order valence-corrected chi connectivity index (χ1v) is 7.46. The van der Waals surface area contributed by atoms with Gasteiger partial charge in [-0.2, -0.15) is 5.10 Å². The van der Waals surface area contributed by atoms with E-state index in [1.807, 2.05) is 19.1 Å². The van der Waals surface area contributed by atoms with E-state index in [2.05, 4.69) is 10.5 Å². The zero-order chi connectivity index (χ0) is 19.1. The maximum Gasteiger partial charge on any atom is 0.277 e. The molecule has 136 valence electrons. The van der Waals surface area contributed by atoms with Crippen LogP contribution in [-0.4, -0.2) is 30.8 Å². The molecule has 0 aliphatic carbocycles. The number of benzene rings is 2. The Morgan fingerprint density at radius 1 is 1.31 bits per heavy atom. The van der Waals surface area contributed by atoms with Crippen molar-refractivity contribution in [2.45, 2.75) is 6.92 Å². The quantitative estimate of drug-likeness (QED) is 0.454. The van der Waals surface area contributed by atoms with E-state index >= 15 is 0 Å². The molecule has 2 aromatic rings. The first-order chi connectivity index (χ1) is 12.4. The molecule has 0 saturated carbocycles. The molecule has 2 rings (SSSR count). The number of ether oxygens (including phenoxy) is 2. The van der Waals surface area contributed by atoms with Gasteiger partial charge >= 0.3 is 0 Å². The maximum atomic E-state index is 11.7. The molecule has 9 heteroatoms.